The van der Waals surface area contributed by atoms with Gasteiger partial charge in [-0.2, -0.15) is 0 Å². The first-order chi connectivity index (χ1) is 10.0. The summed E-state index contributed by atoms with van der Waals surface area (Å²) in [7, 11) is 0. The summed E-state index contributed by atoms with van der Waals surface area (Å²) in [6.07, 6.45) is 1.95. The summed E-state index contributed by atoms with van der Waals surface area (Å²) in [5, 5.41) is 11.5. The van der Waals surface area contributed by atoms with Crippen molar-refractivity contribution in [1.82, 2.24) is 20.3 Å². The molecular formula is C15H21BrN4O. The Bertz CT molecular complexity index is 583. The van der Waals surface area contributed by atoms with E-state index < -0.39 is 0 Å². The Hall–Kier alpha value is -1.40. The van der Waals surface area contributed by atoms with E-state index in [0.29, 0.717) is 19.2 Å². The highest BCUT2D eigenvalue weighted by Crippen LogP contribution is 2.25. The van der Waals surface area contributed by atoms with Crippen LogP contribution in [0.1, 0.15) is 25.1 Å². The number of benzene rings is 1. The van der Waals surface area contributed by atoms with Gasteiger partial charge in [0, 0.05) is 18.8 Å². The lowest BCUT2D eigenvalue weighted by Gasteiger charge is -2.08. The van der Waals surface area contributed by atoms with Crippen LogP contribution in [0.25, 0.3) is 0 Å². The molecule has 1 aromatic heterocycles. The molecule has 0 spiro atoms. The van der Waals surface area contributed by atoms with E-state index >= 15 is 0 Å². The van der Waals surface area contributed by atoms with Crippen LogP contribution >= 0.6 is 15.9 Å². The standard InChI is InChI=1S/C15H21BrN4O/c1-11(2)17-9-13-10-20(19-18-13)6-7-21-15-5-4-12(3)8-14(15)16/h4-5,8,10-11,17H,6-7,9H2,1-3H3. The molecule has 5 nitrogen and oxygen atoms in total. The van der Waals surface area contributed by atoms with Gasteiger partial charge in [-0.05, 0) is 40.5 Å². The van der Waals surface area contributed by atoms with Gasteiger partial charge in [0.15, 0.2) is 0 Å². The summed E-state index contributed by atoms with van der Waals surface area (Å²) in [6.45, 7) is 8.24. The van der Waals surface area contributed by atoms with E-state index in [1.807, 2.05) is 24.4 Å². The minimum absolute atomic E-state index is 0.442. The van der Waals surface area contributed by atoms with Crippen LogP contribution in [0.5, 0.6) is 5.75 Å². The molecule has 0 aliphatic heterocycles. The molecule has 6 heteroatoms. The first-order valence-corrected chi connectivity index (χ1v) is 7.85. The van der Waals surface area contributed by atoms with Gasteiger partial charge in [-0.15, -0.1) is 5.10 Å². The maximum absolute atomic E-state index is 5.75. The summed E-state index contributed by atoms with van der Waals surface area (Å²) in [6, 6.07) is 6.49. The zero-order chi connectivity index (χ0) is 15.2. The van der Waals surface area contributed by atoms with E-state index in [1.165, 1.54) is 5.56 Å². The van der Waals surface area contributed by atoms with Gasteiger partial charge in [-0.3, -0.25) is 0 Å². The summed E-state index contributed by atoms with van der Waals surface area (Å²) in [4.78, 5) is 0. The zero-order valence-corrected chi connectivity index (χ0v) is 14.2. The van der Waals surface area contributed by atoms with Crippen molar-refractivity contribution in [3.8, 4) is 5.75 Å². The van der Waals surface area contributed by atoms with Crippen LogP contribution in [-0.4, -0.2) is 27.6 Å². The molecule has 114 valence electrons. The maximum Gasteiger partial charge on any atom is 0.133 e. The molecule has 0 aliphatic carbocycles. The van der Waals surface area contributed by atoms with Gasteiger partial charge in [0.2, 0.25) is 0 Å². The van der Waals surface area contributed by atoms with Crippen molar-refractivity contribution in [1.29, 1.82) is 0 Å². The fraction of sp³-hybridized carbons (Fsp3) is 0.467. The van der Waals surface area contributed by atoms with Crippen LogP contribution in [0.15, 0.2) is 28.9 Å². The lowest BCUT2D eigenvalue weighted by molar-refractivity contribution is 0.288. The third-order valence-corrected chi connectivity index (χ3v) is 3.56. The minimum Gasteiger partial charge on any atom is -0.490 e. The fourth-order valence-corrected chi connectivity index (χ4v) is 2.42. The second kappa shape index (κ2) is 7.56. The maximum atomic E-state index is 5.75. The Balaban J connectivity index is 1.80. The smallest absolute Gasteiger partial charge is 0.133 e. The van der Waals surface area contributed by atoms with E-state index in [4.69, 9.17) is 4.74 Å². The van der Waals surface area contributed by atoms with Crippen LogP contribution in [0.4, 0.5) is 0 Å². The van der Waals surface area contributed by atoms with Crippen molar-refractivity contribution in [2.24, 2.45) is 0 Å². The average Bonchev–Trinajstić information content (AvgIpc) is 2.87. The SMILES string of the molecule is Cc1ccc(OCCn2cc(CNC(C)C)nn2)c(Br)c1. The van der Waals surface area contributed by atoms with E-state index in [-0.39, 0.29) is 0 Å². The van der Waals surface area contributed by atoms with Gasteiger partial charge in [0.05, 0.1) is 16.7 Å². The van der Waals surface area contributed by atoms with E-state index in [2.05, 4.69) is 52.3 Å². The molecule has 1 aromatic carbocycles. The summed E-state index contributed by atoms with van der Waals surface area (Å²) >= 11 is 3.50. The second-order valence-corrected chi connectivity index (χ2v) is 6.15. The van der Waals surface area contributed by atoms with Gasteiger partial charge in [0.1, 0.15) is 12.4 Å². The lowest BCUT2D eigenvalue weighted by Crippen LogP contribution is -2.21. The molecule has 2 rings (SSSR count). The Morgan fingerprint density at radius 2 is 2.19 bits per heavy atom. The number of aromatic nitrogens is 3. The molecule has 0 aliphatic rings. The number of hydrogen-bond donors (Lipinski definition) is 1. The van der Waals surface area contributed by atoms with Crippen LogP contribution in [0.2, 0.25) is 0 Å². The topological polar surface area (TPSA) is 52.0 Å². The molecule has 0 bridgehead atoms. The molecule has 0 amide bonds. The van der Waals surface area contributed by atoms with Crippen LogP contribution < -0.4 is 10.1 Å². The van der Waals surface area contributed by atoms with Crippen molar-refractivity contribution in [2.75, 3.05) is 6.61 Å². The quantitative estimate of drug-likeness (QED) is 0.832. The van der Waals surface area contributed by atoms with Gasteiger partial charge in [-0.1, -0.05) is 25.1 Å². The van der Waals surface area contributed by atoms with Crippen molar-refractivity contribution in [3.63, 3.8) is 0 Å². The number of hydrogen-bond acceptors (Lipinski definition) is 4. The number of aryl methyl sites for hydroxylation is 1. The number of ether oxygens (including phenoxy) is 1. The number of halogens is 1. The summed E-state index contributed by atoms with van der Waals surface area (Å²) in [5.74, 6) is 0.849. The number of rotatable bonds is 7. The van der Waals surface area contributed by atoms with Crippen LogP contribution in [0, 0.1) is 6.92 Å². The van der Waals surface area contributed by atoms with Crippen molar-refractivity contribution in [2.45, 2.75) is 39.9 Å². The fourth-order valence-electron chi connectivity index (χ4n) is 1.81. The van der Waals surface area contributed by atoms with Crippen molar-refractivity contribution < 1.29 is 4.74 Å². The Morgan fingerprint density at radius 1 is 1.38 bits per heavy atom. The van der Waals surface area contributed by atoms with Gasteiger partial charge in [-0.25, -0.2) is 4.68 Å². The van der Waals surface area contributed by atoms with Gasteiger partial charge < -0.3 is 10.1 Å². The molecule has 0 saturated heterocycles. The highest BCUT2D eigenvalue weighted by Gasteiger charge is 2.04. The van der Waals surface area contributed by atoms with E-state index in [1.54, 1.807) is 4.68 Å². The van der Waals surface area contributed by atoms with E-state index in [9.17, 15) is 0 Å². The van der Waals surface area contributed by atoms with Gasteiger partial charge in [0.25, 0.3) is 0 Å². The first kappa shape index (κ1) is 16.0. The molecule has 1 heterocycles. The van der Waals surface area contributed by atoms with Crippen molar-refractivity contribution in [3.05, 3.63) is 40.1 Å². The molecule has 21 heavy (non-hydrogen) atoms. The lowest BCUT2D eigenvalue weighted by atomic mass is 10.2. The molecule has 0 fully saturated rings. The predicted octanol–water partition coefficient (Wildman–Crippen LogP) is 2.93. The molecule has 0 atom stereocenters. The third-order valence-electron chi connectivity index (χ3n) is 2.94. The van der Waals surface area contributed by atoms with Crippen LogP contribution in [0.3, 0.4) is 0 Å². The molecular weight excluding hydrogens is 332 g/mol. The number of nitrogens with one attached hydrogen (secondary N) is 1. The minimum atomic E-state index is 0.442. The Labute approximate surface area is 133 Å². The Morgan fingerprint density at radius 3 is 2.90 bits per heavy atom. The normalized spacial score (nSPS) is 11.1. The van der Waals surface area contributed by atoms with E-state index in [0.717, 1.165) is 22.5 Å². The van der Waals surface area contributed by atoms with Crippen LogP contribution in [-0.2, 0) is 13.1 Å². The average molecular weight is 353 g/mol. The van der Waals surface area contributed by atoms with Gasteiger partial charge >= 0.3 is 0 Å². The highest BCUT2D eigenvalue weighted by molar-refractivity contribution is 9.10. The predicted molar refractivity (Wildman–Crippen MR) is 86.4 cm³/mol. The zero-order valence-electron chi connectivity index (χ0n) is 12.6. The molecule has 0 saturated carbocycles. The second-order valence-electron chi connectivity index (χ2n) is 5.29. The third kappa shape index (κ3) is 5.13. The monoisotopic (exact) mass is 352 g/mol. The highest BCUT2D eigenvalue weighted by atomic mass is 79.9. The summed E-state index contributed by atoms with van der Waals surface area (Å²) < 4.78 is 8.53. The largest absolute Gasteiger partial charge is 0.490 e. The molecule has 1 N–H and O–H groups in total. The first-order valence-electron chi connectivity index (χ1n) is 7.06. The van der Waals surface area contributed by atoms with Crippen molar-refractivity contribution >= 4 is 15.9 Å². The number of nitrogens with zero attached hydrogens (tertiary/aromatic N) is 3. The molecule has 2 aromatic rings. The summed E-state index contributed by atoms with van der Waals surface area (Å²) in [5.41, 5.74) is 2.15. The molecule has 0 unspecified atom stereocenters. The Kier molecular flexibility index (Phi) is 5.76. The molecule has 0 radical (unpaired) electrons.